The van der Waals surface area contributed by atoms with Crippen LogP contribution in [0, 0.1) is 0 Å². The van der Waals surface area contributed by atoms with E-state index in [0.29, 0.717) is 5.75 Å². The molecule has 0 saturated heterocycles. The van der Waals surface area contributed by atoms with E-state index in [0.717, 1.165) is 0 Å². The second-order valence-corrected chi connectivity index (χ2v) is 2.42. The molecule has 0 aliphatic rings. The molecule has 0 aliphatic heterocycles. The smallest absolute Gasteiger partial charge is 0.365 e. The van der Waals surface area contributed by atoms with Gasteiger partial charge in [-0.3, -0.25) is 0 Å². The zero-order valence-corrected chi connectivity index (χ0v) is 8.60. The Morgan fingerprint density at radius 2 is 1.67 bits per heavy atom. The summed E-state index contributed by atoms with van der Waals surface area (Å²) in [5.74, 6) is 0.425. The molecule has 0 aromatic heterocycles. The molecule has 1 aromatic carbocycles. The maximum atomic E-state index is 10.1. The molecule has 1 N–H and O–H groups in total. The number of hydrogen-bond donors (Lipinski definition) is 1. The molecule has 12 heavy (non-hydrogen) atoms. The second kappa shape index (κ2) is 7.44. The molecule has 0 bridgehead atoms. The predicted molar refractivity (Wildman–Crippen MR) is 52.8 cm³/mol. The van der Waals surface area contributed by atoms with E-state index in [-0.39, 0.29) is 24.8 Å². The van der Waals surface area contributed by atoms with Crippen molar-refractivity contribution in [2.75, 3.05) is 0 Å². The SMILES string of the molecule is Cl.Cl.O=[PH](O)Oc1ccccc1. The van der Waals surface area contributed by atoms with Crippen LogP contribution in [0.4, 0.5) is 0 Å². The number of halogens is 2. The van der Waals surface area contributed by atoms with Gasteiger partial charge in [-0.25, -0.2) is 4.57 Å². The van der Waals surface area contributed by atoms with Gasteiger partial charge >= 0.3 is 8.25 Å². The Morgan fingerprint density at radius 1 is 1.17 bits per heavy atom. The van der Waals surface area contributed by atoms with Crippen LogP contribution in [-0.4, -0.2) is 4.89 Å². The van der Waals surface area contributed by atoms with Crippen molar-refractivity contribution in [3.63, 3.8) is 0 Å². The molecule has 3 nitrogen and oxygen atoms in total. The van der Waals surface area contributed by atoms with Crippen LogP contribution in [-0.2, 0) is 4.57 Å². The Bertz CT molecular complexity index is 229. The fraction of sp³-hybridized carbons (Fsp3) is 0. The summed E-state index contributed by atoms with van der Waals surface area (Å²) in [6, 6.07) is 8.53. The summed E-state index contributed by atoms with van der Waals surface area (Å²) in [6.07, 6.45) is 0. The third-order valence-electron chi connectivity index (χ3n) is 0.948. The predicted octanol–water partition coefficient (Wildman–Crippen LogP) is 2.29. The maximum absolute atomic E-state index is 10.1. The summed E-state index contributed by atoms with van der Waals surface area (Å²) in [6.45, 7) is 0. The number of rotatable bonds is 2. The van der Waals surface area contributed by atoms with E-state index in [4.69, 9.17) is 4.89 Å². The molecule has 1 aromatic rings. The first-order chi connectivity index (χ1) is 4.79. The Balaban J connectivity index is 0. The van der Waals surface area contributed by atoms with Gasteiger partial charge in [0.05, 0.1) is 0 Å². The summed E-state index contributed by atoms with van der Waals surface area (Å²) in [4.78, 5) is 8.33. The number of benzene rings is 1. The van der Waals surface area contributed by atoms with Gasteiger partial charge in [0.15, 0.2) is 0 Å². The van der Waals surface area contributed by atoms with Crippen LogP contribution in [0.5, 0.6) is 5.75 Å². The van der Waals surface area contributed by atoms with Gasteiger partial charge in [-0.15, -0.1) is 24.8 Å². The number of hydrogen-bond acceptors (Lipinski definition) is 2. The lowest BCUT2D eigenvalue weighted by atomic mass is 10.3. The van der Waals surface area contributed by atoms with E-state index in [1.165, 1.54) is 0 Å². The van der Waals surface area contributed by atoms with Crippen molar-refractivity contribution in [2.45, 2.75) is 0 Å². The van der Waals surface area contributed by atoms with Crippen molar-refractivity contribution in [3.05, 3.63) is 30.3 Å². The highest BCUT2D eigenvalue weighted by Gasteiger charge is 1.92. The van der Waals surface area contributed by atoms with Crippen LogP contribution in [0.25, 0.3) is 0 Å². The first-order valence-electron chi connectivity index (χ1n) is 2.75. The summed E-state index contributed by atoms with van der Waals surface area (Å²) in [5, 5.41) is 0. The molecule has 1 rings (SSSR count). The standard InChI is InChI=1S/C6H7O3P.2ClH/c7-10(8)9-6-4-2-1-3-5-6;;/h1-5,10H,(H,7,8);2*1H. The van der Waals surface area contributed by atoms with E-state index in [9.17, 15) is 4.57 Å². The second-order valence-electron chi connectivity index (χ2n) is 1.68. The maximum Gasteiger partial charge on any atom is 0.365 e. The van der Waals surface area contributed by atoms with E-state index >= 15 is 0 Å². The summed E-state index contributed by atoms with van der Waals surface area (Å²) < 4.78 is 14.6. The summed E-state index contributed by atoms with van der Waals surface area (Å²) in [5.41, 5.74) is 0. The number of para-hydroxylation sites is 1. The van der Waals surface area contributed by atoms with Crippen molar-refractivity contribution in [1.29, 1.82) is 0 Å². The van der Waals surface area contributed by atoms with E-state index in [1.807, 2.05) is 0 Å². The molecular formula is C6H9Cl2O3P. The van der Waals surface area contributed by atoms with Crippen LogP contribution >= 0.6 is 33.1 Å². The highest BCUT2D eigenvalue weighted by atomic mass is 35.5. The molecule has 0 aliphatic carbocycles. The molecule has 6 heteroatoms. The van der Waals surface area contributed by atoms with Crippen LogP contribution in [0.3, 0.4) is 0 Å². The topological polar surface area (TPSA) is 46.5 Å². The van der Waals surface area contributed by atoms with Crippen LogP contribution in [0.15, 0.2) is 30.3 Å². The van der Waals surface area contributed by atoms with Gasteiger partial charge in [0, 0.05) is 0 Å². The third kappa shape index (κ3) is 5.44. The molecule has 1 atom stereocenters. The monoisotopic (exact) mass is 230 g/mol. The van der Waals surface area contributed by atoms with Crippen molar-refractivity contribution >= 4 is 33.1 Å². The van der Waals surface area contributed by atoms with Gasteiger partial charge in [-0.2, -0.15) is 0 Å². The normalized spacial score (nSPS) is 10.4. The lowest BCUT2D eigenvalue weighted by Gasteiger charge is -1.98. The fourth-order valence-corrected chi connectivity index (χ4v) is 0.927. The fourth-order valence-electron chi connectivity index (χ4n) is 0.589. The van der Waals surface area contributed by atoms with Gasteiger partial charge in [0.25, 0.3) is 0 Å². The minimum Gasteiger partial charge on any atom is -0.426 e. The molecule has 1 unspecified atom stereocenters. The molecule has 70 valence electrons. The molecule has 0 fully saturated rings. The molecular weight excluding hydrogens is 222 g/mol. The largest absolute Gasteiger partial charge is 0.426 e. The van der Waals surface area contributed by atoms with Crippen LogP contribution in [0.2, 0.25) is 0 Å². The average molecular weight is 231 g/mol. The van der Waals surface area contributed by atoms with Gasteiger partial charge in [0.2, 0.25) is 0 Å². The molecule has 0 heterocycles. The first-order valence-corrected chi connectivity index (χ1v) is 4.01. The molecule has 0 radical (unpaired) electrons. The molecule has 0 amide bonds. The Hall–Kier alpha value is -0.210. The zero-order chi connectivity index (χ0) is 7.40. The summed E-state index contributed by atoms with van der Waals surface area (Å²) in [7, 11) is -2.84. The minimum atomic E-state index is -2.84. The Morgan fingerprint density at radius 3 is 2.08 bits per heavy atom. The Labute approximate surface area is 83.5 Å². The summed E-state index contributed by atoms with van der Waals surface area (Å²) >= 11 is 0. The van der Waals surface area contributed by atoms with Gasteiger partial charge in [-0.1, -0.05) is 18.2 Å². The lowest BCUT2D eigenvalue weighted by Crippen LogP contribution is -1.77. The van der Waals surface area contributed by atoms with E-state index in [2.05, 4.69) is 4.52 Å². The quantitative estimate of drug-likeness (QED) is 0.794. The zero-order valence-electron chi connectivity index (χ0n) is 5.97. The van der Waals surface area contributed by atoms with E-state index in [1.54, 1.807) is 30.3 Å². The van der Waals surface area contributed by atoms with Crippen molar-refractivity contribution < 1.29 is 14.0 Å². The van der Waals surface area contributed by atoms with Gasteiger partial charge in [0.1, 0.15) is 5.75 Å². The lowest BCUT2D eigenvalue weighted by molar-refractivity contribution is 0.410. The molecule has 0 saturated carbocycles. The minimum absolute atomic E-state index is 0. The van der Waals surface area contributed by atoms with Crippen molar-refractivity contribution in [3.8, 4) is 5.75 Å². The highest BCUT2D eigenvalue weighted by molar-refractivity contribution is 7.32. The van der Waals surface area contributed by atoms with E-state index < -0.39 is 8.25 Å². The third-order valence-corrected chi connectivity index (χ3v) is 1.36. The highest BCUT2D eigenvalue weighted by Crippen LogP contribution is 2.21. The van der Waals surface area contributed by atoms with Gasteiger partial charge < -0.3 is 9.42 Å². The van der Waals surface area contributed by atoms with Crippen LogP contribution in [0.1, 0.15) is 0 Å². The Kier molecular flexibility index (Phi) is 8.88. The molecule has 0 spiro atoms. The van der Waals surface area contributed by atoms with Gasteiger partial charge in [-0.05, 0) is 12.1 Å². The average Bonchev–Trinajstić information content (AvgIpc) is 1.88. The van der Waals surface area contributed by atoms with Crippen molar-refractivity contribution in [2.24, 2.45) is 0 Å². The van der Waals surface area contributed by atoms with Crippen molar-refractivity contribution in [1.82, 2.24) is 0 Å². The van der Waals surface area contributed by atoms with Crippen LogP contribution < -0.4 is 4.52 Å². The first kappa shape index (κ1) is 14.3.